The zero-order valence-electron chi connectivity index (χ0n) is 13.4. The highest BCUT2D eigenvalue weighted by Crippen LogP contribution is 2.19. The minimum atomic E-state index is -0.222. The number of amides is 1. The van der Waals surface area contributed by atoms with E-state index in [1.165, 1.54) is 0 Å². The van der Waals surface area contributed by atoms with Crippen LogP contribution < -0.4 is 5.69 Å². The summed E-state index contributed by atoms with van der Waals surface area (Å²) in [7, 11) is 1.73. The molecule has 1 fully saturated rings. The van der Waals surface area contributed by atoms with Crippen molar-refractivity contribution in [2.75, 3.05) is 26.8 Å². The van der Waals surface area contributed by atoms with E-state index in [1.54, 1.807) is 7.11 Å². The summed E-state index contributed by atoms with van der Waals surface area (Å²) in [6, 6.07) is 5.61. The molecular weight excluding hydrogens is 294 g/mol. The Morgan fingerprint density at radius 3 is 2.91 bits per heavy atom. The van der Waals surface area contributed by atoms with Gasteiger partial charge in [-0.1, -0.05) is 6.07 Å². The second-order valence-corrected chi connectivity index (χ2v) is 6.27. The molecule has 1 unspecified atom stereocenters. The van der Waals surface area contributed by atoms with Crippen LogP contribution in [0.3, 0.4) is 0 Å². The maximum atomic E-state index is 12.5. The minimum absolute atomic E-state index is 0.153. The molecule has 1 amide bonds. The fraction of sp³-hybridized carbons (Fsp3) is 0.529. The highest BCUT2D eigenvalue weighted by atomic mass is 16.5. The molecule has 0 spiro atoms. The van der Waals surface area contributed by atoms with Gasteiger partial charge in [0.1, 0.15) is 0 Å². The first-order chi connectivity index (χ1) is 11.2. The number of nitrogens with zero attached hydrogens (tertiary/aromatic N) is 1. The molecule has 6 nitrogen and oxygen atoms in total. The van der Waals surface area contributed by atoms with Gasteiger partial charge >= 0.3 is 5.69 Å². The van der Waals surface area contributed by atoms with Gasteiger partial charge in [0.05, 0.1) is 17.5 Å². The molecule has 23 heavy (non-hydrogen) atoms. The summed E-state index contributed by atoms with van der Waals surface area (Å²) in [5.41, 5.74) is 2.22. The monoisotopic (exact) mass is 317 g/mol. The van der Waals surface area contributed by atoms with Crippen molar-refractivity contribution >= 4 is 16.9 Å². The lowest BCUT2D eigenvalue weighted by atomic mass is 10.0. The Bertz CT molecular complexity index is 734. The molecule has 124 valence electrons. The predicted molar refractivity (Wildman–Crippen MR) is 88.4 cm³/mol. The Morgan fingerprint density at radius 1 is 1.26 bits per heavy atom. The van der Waals surface area contributed by atoms with E-state index in [-0.39, 0.29) is 11.6 Å². The predicted octanol–water partition coefficient (Wildman–Crippen LogP) is 1.67. The number of carbonyl (C=O) groups is 1. The lowest BCUT2D eigenvalue weighted by molar-refractivity contribution is -0.130. The first-order valence-corrected chi connectivity index (χ1v) is 8.13. The van der Waals surface area contributed by atoms with Gasteiger partial charge in [0, 0.05) is 26.8 Å². The molecule has 3 rings (SSSR count). The number of nitrogens with one attached hydrogen (secondary N) is 2. The molecule has 0 aliphatic carbocycles. The number of carbonyl (C=O) groups excluding carboxylic acids is 1. The van der Waals surface area contributed by atoms with Crippen LogP contribution in [-0.2, 0) is 16.0 Å². The first-order valence-electron chi connectivity index (χ1n) is 8.13. The van der Waals surface area contributed by atoms with Crippen molar-refractivity contribution < 1.29 is 9.53 Å². The number of hydrogen-bond donors (Lipinski definition) is 2. The summed E-state index contributed by atoms with van der Waals surface area (Å²) < 4.78 is 5.24. The molecule has 2 aromatic rings. The highest BCUT2D eigenvalue weighted by molar-refractivity contribution is 5.81. The lowest BCUT2D eigenvalue weighted by Gasteiger charge is -2.20. The van der Waals surface area contributed by atoms with Crippen LogP contribution in [0.15, 0.2) is 23.0 Å². The molecule has 0 saturated carbocycles. The van der Waals surface area contributed by atoms with Crippen LogP contribution in [0, 0.1) is 5.92 Å². The number of rotatable bonds is 4. The summed E-state index contributed by atoms with van der Waals surface area (Å²) in [4.78, 5) is 31.2. The van der Waals surface area contributed by atoms with E-state index in [0.29, 0.717) is 12.3 Å². The van der Waals surface area contributed by atoms with Crippen molar-refractivity contribution in [2.24, 2.45) is 5.92 Å². The van der Waals surface area contributed by atoms with Gasteiger partial charge in [-0.3, -0.25) is 4.79 Å². The van der Waals surface area contributed by atoms with Crippen LogP contribution >= 0.6 is 0 Å². The van der Waals surface area contributed by atoms with E-state index >= 15 is 0 Å². The van der Waals surface area contributed by atoms with Crippen LogP contribution in [0.25, 0.3) is 11.0 Å². The average Bonchev–Trinajstić information content (AvgIpc) is 2.73. The second kappa shape index (κ2) is 7.00. The number of hydrogen-bond acceptors (Lipinski definition) is 3. The minimum Gasteiger partial charge on any atom is -0.384 e. The van der Waals surface area contributed by atoms with Gasteiger partial charge in [-0.25, -0.2) is 4.79 Å². The number of aromatic amines is 2. The van der Waals surface area contributed by atoms with Crippen molar-refractivity contribution in [3.63, 3.8) is 0 Å². The number of aromatic nitrogens is 2. The van der Waals surface area contributed by atoms with Gasteiger partial charge in [-0.05, 0) is 42.9 Å². The number of H-pyrrole nitrogens is 2. The summed E-state index contributed by atoms with van der Waals surface area (Å²) >= 11 is 0. The lowest BCUT2D eigenvalue weighted by Crippen LogP contribution is -2.33. The Kier molecular flexibility index (Phi) is 4.81. The summed E-state index contributed by atoms with van der Waals surface area (Å²) in [6.07, 6.45) is 3.53. The normalized spacial score (nSPS) is 19.0. The van der Waals surface area contributed by atoms with Gasteiger partial charge in [0.25, 0.3) is 0 Å². The van der Waals surface area contributed by atoms with Crippen molar-refractivity contribution in [1.82, 2.24) is 14.9 Å². The molecule has 1 atom stereocenters. The number of fused-ring (bicyclic) bond motifs is 1. The number of methoxy groups -OCH3 is 1. The molecule has 6 heteroatoms. The SMILES string of the molecule is COCC1CCCN(C(=O)Cc2ccc3[nH]c(=O)[nH]c3c2)CC1. The van der Waals surface area contributed by atoms with Crippen LogP contribution in [-0.4, -0.2) is 47.6 Å². The summed E-state index contributed by atoms with van der Waals surface area (Å²) in [5, 5.41) is 0. The van der Waals surface area contributed by atoms with Gasteiger partial charge in [0.15, 0.2) is 0 Å². The molecule has 1 aromatic heterocycles. The summed E-state index contributed by atoms with van der Waals surface area (Å²) in [6.45, 7) is 2.40. The van der Waals surface area contributed by atoms with Gasteiger partial charge in [0.2, 0.25) is 5.91 Å². The topological polar surface area (TPSA) is 78.2 Å². The maximum absolute atomic E-state index is 12.5. The Labute approximate surface area is 134 Å². The molecule has 1 saturated heterocycles. The van der Waals surface area contributed by atoms with Crippen molar-refractivity contribution in [3.8, 4) is 0 Å². The van der Waals surface area contributed by atoms with Crippen molar-refractivity contribution in [2.45, 2.75) is 25.7 Å². The number of likely N-dealkylation sites (tertiary alicyclic amines) is 1. The fourth-order valence-electron chi connectivity index (χ4n) is 3.29. The van der Waals surface area contributed by atoms with E-state index < -0.39 is 0 Å². The third kappa shape index (κ3) is 3.82. The molecule has 0 bridgehead atoms. The third-order valence-corrected chi connectivity index (χ3v) is 4.54. The molecule has 1 aromatic carbocycles. The largest absolute Gasteiger partial charge is 0.384 e. The average molecular weight is 317 g/mol. The number of benzene rings is 1. The van der Waals surface area contributed by atoms with Gasteiger partial charge < -0.3 is 19.6 Å². The Balaban J connectivity index is 1.64. The smallest absolute Gasteiger partial charge is 0.323 e. The molecule has 1 aliphatic rings. The third-order valence-electron chi connectivity index (χ3n) is 4.54. The zero-order valence-corrected chi connectivity index (χ0v) is 13.4. The van der Waals surface area contributed by atoms with E-state index in [1.807, 2.05) is 23.1 Å². The van der Waals surface area contributed by atoms with E-state index in [0.717, 1.165) is 55.6 Å². The standard InChI is InChI=1S/C17H23N3O3/c1-23-11-12-3-2-7-20(8-6-12)16(21)10-13-4-5-14-15(9-13)19-17(22)18-14/h4-5,9,12H,2-3,6-8,10-11H2,1H3,(H2,18,19,22). The van der Waals surface area contributed by atoms with E-state index in [9.17, 15) is 9.59 Å². The maximum Gasteiger partial charge on any atom is 0.323 e. The molecular formula is C17H23N3O3. The molecule has 2 N–H and O–H groups in total. The molecule has 2 heterocycles. The van der Waals surface area contributed by atoms with Crippen LogP contribution in [0.2, 0.25) is 0 Å². The molecule has 0 radical (unpaired) electrons. The zero-order chi connectivity index (χ0) is 16.2. The van der Waals surface area contributed by atoms with E-state index in [2.05, 4.69) is 9.97 Å². The Hall–Kier alpha value is -2.08. The second-order valence-electron chi connectivity index (χ2n) is 6.27. The quantitative estimate of drug-likeness (QED) is 0.900. The van der Waals surface area contributed by atoms with Gasteiger partial charge in [-0.15, -0.1) is 0 Å². The van der Waals surface area contributed by atoms with Crippen molar-refractivity contribution in [3.05, 3.63) is 34.2 Å². The van der Waals surface area contributed by atoms with Crippen LogP contribution in [0.1, 0.15) is 24.8 Å². The van der Waals surface area contributed by atoms with Crippen LogP contribution in [0.5, 0.6) is 0 Å². The number of ether oxygens (including phenoxy) is 1. The van der Waals surface area contributed by atoms with Gasteiger partial charge in [-0.2, -0.15) is 0 Å². The highest BCUT2D eigenvalue weighted by Gasteiger charge is 2.20. The summed E-state index contributed by atoms with van der Waals surface area (Å²) in [5.74, 6) is 0.708. The number of imidazole rings is 1. The fourth-order valence-corrected chi connectivity index (χ4v) is 3.29. The molecule has 1 aliphatic heterocycles. The van der Waals surface area contributed by atoms with Crippen molar-refractivity contribution in [1.29, 1.82) is 0 Å². The van der Waals surface area contributed by atoms with Crippen LogP contribution in [0.4, 0.5) is 0 Å². The first kappa shape index (κ1) is 15.8. The Morgan fingerprint density at radius 2 is 2.09 bits per heavy atom. The van der Waals surface area contributed by atoms with E-state index in [4.69, 9.17) is 4.74 Å².